The summed E-state index contributed by atoms with van der Waals surface area (Å²) in [5.74, 6) is -2.83. The van der Waals surface area contributed by atoms with Gasteiger partial charge in [-0.2, -0.15) is 0 Å². The van der Waals surface area contributed by atoms with E-state index in [-0.39, 0.29) is 19.1 Å². The van der Waals surface area contributed by atoms with Crippen molar-refractivity contribution in [3.63, 3.8) is 0 Å². The fourth-order valence-electron chi connectivity index (χ4n) is 2.31. The van der Waals surface area contributed by atoms with E-state index in [0.29, 0.717) is 12.8 Å². The molecule has 18 heavy (non-hydrogen) atoms. The highest BCUT2D eigenvalue weighted by molar-refractivity contribution is 5.87. The summed E-state index contributed by atoms with van der Waals surface area (Å²) in [5.41, 5.74) is 0. The van der Waals surface area contributed by atoms with Gasteiger partial charge in [0.1, 0.15) is 6.54 Å². The third-order valence-electron chi connectivity index (χ3n) is 3.20. The van der Waals surface area contributed by atoms with E-state index >= 15 is 0 Å². The molecule has 0 heterocycles. The molecule has 1 aliphatic rings. The SMILES string of the molecule is CCOC(=O)CN(C)C(=O)C1CCCC1C(=O)O. The molecule has 0 spiro atoms. The predicted octanol–water partition coefficient (Wildman–Crippen LogP) is 0.509. The van der Waals surface area contributed by atoms with E-state index in [0.717, 1.165) is 6.42 Å². The van der Waals surface area contributed by atoms with Gasteiger partial charge in [0.05, 0.1) is 18.4 Å². The zero-order chi connectivity index (χ0) is 13.7. The van der Waals surface area contributed by atoms with E-state index < -0.39 is 23.8 Å². The number of carboxylic acid groups (broad SMARTS) is 1. The molecule has 1 saturated carbocycles. The first-order valence-electron chi connectivity index (χ1n) is 6.10. The number of hydrogen-bond donors (Lipinski definition) is 1. The van der Waals surface area contributed by atoms with Gasteiger partial charge in [0.15, 0.2) is 0 Å². The topological polar surface area (TPSA) is 83.9 Å². The van der Waals surface area contributed by atoms with Crippen molar-refractivity contribution in [1.82, 2.24) is 4.90 Å². The molecule has 1 aliphatic carbocycles. The second-order valence-electron chi connectivity index (χ2n) is 4.48. The Labute approximate surface area is 106 Å². The molecule has 1 N–H and O–H groups in total. The Balaban J connectivity index is 2.57. The number of carbonyl (C=O) groups is 3. The Hall–Kier alpha value is -1.59. The zero-order valence-electron chi connectivity index (χ0n) is 10.7. The highest BCUT2D eigenvalue weighted by Crippen LogP contribution is 2.33. The van der Waals surface area contributed by atoms with Crippen LogP contribution in [0.3, 0.4) is 0 Å². The average Bonchev–Trinajstić information content (AvgIpc) is 2.76. The third-order valence-corrected chi connectivity index (χ3v) is 3.20. The van der Waals surface area contributed by atoms with Gasteiger partial charge in [0, 0.05) is 7.05 Å². The number of likely N-dealkylation sites (N-methyl/N-ethyl adjacent to an activating group) is 1. The van der Waals surface area contributed by atoms with E-state index in [2.05, 4.69) is 0 Å². The van der Waals surface area contributed by atoms with Gasteiger partial charge in [-0.25, -0.2) is 0 Å². The first-order valence-corrected chi connectivity index (χ1v) is 6.10. The van der Waals surface area contributed by atoms with Gasteiger partial charge in [0.25, 0.3) is 0 Å². The standard InChI is InChI=1S/C12H19NO5/c1-3-18-10(14)7-13(2)11(15)8-5-4-6-9(8)12(16)17/h8-9H,3-7H2,1-2H3,(H,16,17). The van der Waals surface area contributed by atoms with Crippen molar-refractivity contribution in [3.05, 3.63) is 0 Å². The van der Waals surface area contributed by atoms with Crippen LogP contribution < -0.4 is 0 Å². The third kappa shape index (κ3) is 3.45. The van der Waals surface area contributed by atoms with Crippen molar-refractivity contribution in [1.29, 1.82) is 0 Å². The molecule has 0 saturated heterocycles. The molecule has 0 aliphatic heterocycles. The van der Waals surface area contributed by atoms with Crippen molar-refractivity contribution in [3.8, 4) is 0 Å². The molecule has 6 nitrogen and oxygen atoms in total. The predicted molar refractivity (Wildman–Crippen MR) is 62.7 cm³/mol. The fourth-order valence-corrected chi connectivity index (χ4v) is 2.31. The van der Waals surface area contributed by atoms with E-state index in [9.17, 15) is 14.4 Å². The Morgan fingerprint density at radius 3 is 2.44 bits per heavy atom. The molecule has 0 bridgehead atoms. The second-order valence-corrected chi connectivity index (χ2v) is 4.48. The molecule has 2 unspecified atom stereocenters. The highest BCUT2D eigenvalue weighted by Gasteiger charge is 2.39. The van der Waals surface area contributed by atoms with Crippen LogP contribution in [0.2, 0.25) is 0 Å². The van der Waals surface area contributed by atoms with Crippen LogP contribution in [0.5, 0.6) is 0 Å². The van der Waals surface area contributed by atoms with Crippen LogP contribution >= 0.6 is 0 Å². The van der Waals surface area contributed by atoms with Crippen LogP contribution in [-0.2, 0) is 19.1 Å². The van der Waals surface area contributed by atoms with Gasteiger partial charge in [-0.3, -0.25) is 14.4 Å². The zero-order valence-corrected chi connectivity index (χ0v) is 10.7. The lowest BCUT2D eigenvalue weighted by atomic mass is 9.95. The maximum absolute atomic E-state index is 12.1. The lowest BCUT2D eigenvalue weighted by Crippen LogP contribution is -2.39. The number of hydrogen-bond acceptors (Lipinski definition) is 4. The Morgan fingerprint density at radius 2 is 1.89 bits per heavy atom. The van der Waals surface area contributed by atoms with Gasteiger partial charge in [-0.05, 0) is 19.8 Å². The van der Waals surface area contributed by atoms with Crippen molar-refractivity contribution in [2.75, 3.05) is 20.2 Å². The summed E-state index contributed by atoms with van der Waals surface area (Å²) in [6.45, 7) is 1.83. The van der Waals surface area contributed by atoms with Crippen LogP contribution in [0.15, 0.2) is 0 Å². The highest BCUT2D eigenvalue weighted by atomic mass is 16.5. The van der Waals surface area contributed by atoms with Crippen molar-refractivity contribution in [2.45, 2.75) is 26.2 Å². The van der Waals surface area contributed by atoms with Gasteiger partial charge >= 0.3 is 11.9 Å². The van der Waals surface area contributed by atoms with Gasteiger partial charge in [-0.15, -0.1) is 0 Å². The van der Waals surface area contributed by atoms with E-state index in [1.807, 2.05) is 0 Å². The normalized spacial score (nSPS) is 22.6. The molecule has 0 aromatic rings. The number of esters is 1. The van der Waals surface area contributed by atoms with Gasteiger partial charge < -0.3 is 14.7 Å². The summed E-state index contributed by atoms with van der Waals surface area (Å²) in [5, 5.41) is 9.02. The van der Waals surface area contributed by atoms with E-state index in [1.54, 1.807) is 6.92 Å². The molecule has 1 rings (SSSR count). The van der Waals surface area contributed by atoms with Crippen LogP contribution in [-0.4, -0.2) is 48.1 Å². The summed E-state index contributed by atoms with van der Waals surface area (Å²) in [6.07, 6.45) is 1.84. The molecule has 2 atom stereocenters. The average molecular weight is 257 g/mol. The number of rotatable bonds is 5. The van der Waals surface area contributed by atoms with Crippen LogP contribution in [0, 0.1) is 11.8 Å². The molecular weight excluding hydrogens is 238 g/mol. The largest absolute Gasteiger partial charge is 0.481 e. The number of ether oxygens (including phenoxy) is 1. The van der Waals surface area contributed by atoms with Crippen molar-refractivity contribution in [2.24, 2.45) is 11.8 Å². The molecule has 1 fully saturated rings. The first-order chi connectivity index (χ1) is 8.47. The van der Waals surface area contributed by atoms with Crippen LogP contribution in [0.1, 0.15) is 26.2 Å². The summed E-state index contributed by atoms with van der Waals surface area (Å²) in [6, 6.07) is 0. The smallest absolute Gasteiger partial charge is 0.325 e. The number of amides is 1. The first kappa shape index (κ1) is 14.5. The van der Waals surface area contributed by atoms with Crippen LogP contribution in [0.25, 0.3) is 0 Å². The fraction of sp³-hybridized carbons (Fsp3) is 0.750. The molecule has 6 heteroatoms. The maximum Gasteiger partial charge on any atom is 0.325 e. The molecule has 102 valence electrons. The Kier molecular flexibility index (Phi) is 5.12. The number of carbonyl (C=O) groups excluding carboxylic acids is 2. The maximum atomic E-state index is 12.1. The molecule has 1 amide bonds. The molecular formula is C12H19NO5. The van der Waals surface area contributed by atoms with Gasteiger partial charge in [0.2, 0.25) is 5.91 Å². The summed E-state index contributed by atoms with van der Waals surface area (Å²) in [4.78, 5) is 35.6. The van der Waals surface area contributed by atoms with E-state index in [4.69, 9.17) is 9.84 Å². The lowest BCUT2D eigenvalue weighted by Gasteiger charge is -2.22. The minimum Gasteiger partial charge on any atom is -0.481 e. The molecule has 0 aromatic carbocycles. The number of aliphatic carboxylic acids is 1. The quantitative estimate of drug-likeness (QED) is 0.725. The monoisotopic (exact) mass is 257 g/mol. The van der Waals surface area contributed by atoms with Crippen molar-refractivity contribution >= 4 is 17.8 Å². The molecule has 0 aromatic heterocycles. The summed E-state index contributed by atoms with van der Waals surface area (Å²) in [7, 11) is 1.50. The van der Waals surface area contributed by atoms with Gasteiger partial charge in [-0.1, -0.05) is 6.42 Å². The Bertz CT molecular complexity index is 341. The van der Waals surface area contributed by atoms with E-state index in [1.165, 1.54) is 11.9 Å². The minimum atomic E-state index is -0.935. The van der Waals surface area contributed by atoms with Crippen LogP contribution in [0.4, 0.5) is 0 Å². The minimum absolute atomic E-state index is 0.129. The Morgan fingerprint density at radius 1 is 1.28 bits per heavy atom. The number of nitrogens with zero attached hydrogens (tertiary/aromatic N) is 1. The second kappa shape index (κ2) is 6.37. The van der Waals surface area contributed by atoms with Crippen molar-refractivity contribution < 1.29 is 24.2 Å². The summed E-state index contributed by atoms with van der Waals surface area (Å²) < 4.78 is 4.75. The molecule has 0 radical (unpaired) electrons. The number of carboxylic acids is 1. The lowest BCUT2D eigenvalue weighted by molar-refractivity contribution is -0.152. The summed E-state index contributed by atoms with van der Waals surface area (Å²) >= 11 is 0.